The third-order valence-electron chi connectivity index (χ3n) is 2.09. The molecule has 0 fully saturated rings. The first kappa shape index (κ1) is 11.5. The Morgan fingerprint density at radius 2 is 2.20 bits per heavy atom. The van der Waals surface area contributed by atoms with Crippen molar-refractivity contribution in [3.8, 4) is 0 Å². The molecule has 1 heterocycles. The average Bonchev–Trinajstić information content (AvgIpc) is 2.16. The summed E-state index contributed by atoms with van der Waals surface area (Å²) in [6.45, 7) is 3.82. The Morgan fingerprint density at radius 3 is 2.73 bits per heavy atom. The van der Waals surface area contributed by atoms with E-state index in [0.29, 0.717) is 0 Å². The molecule has 0 aromatic carbocycles. The van der Waals surface area contributed by atoms with Crippen LogP contribution < -0.4 is 5.32 Å². The van der Waals surface area contributed by atoms with Gasteiger partial charge in [0.05, 0.1) is 0 Å². The molecule has 1 aromatic heterocycles. The minimum atomic E-state index is -0.255. The van der Waals surface area contributed by atoms with Crippen LogP contribution in [0, 0.1) is 6.92 Å². The predicted molar refractivity (Wildman–Crippen MR) is 60.8 cm³/mol. The van der Waals surface area contributed by atoms with E-state index in [9.17, 15) is 4.79 Å². The number of carbonyl (C=O) groups is 1. The van der Waals surface area contributed by atoms with Gasteiger partial charge < -0.3 is 10.2 Å². The van der Waals surface area contributed by atoms with Crippen molar-refractivity contribution >= 4 is 11.7 Å². The van der Waals surface area contributed by atoms with Crippen LogP contribution in [-0.2, 0) is 4.79 Å². The molecule has 0 aliphatic rings. The van der Waals surface area contributed by atoms with Gasteiger partial charge in [-0.3, -0.25) is 4.79 Å². The molecule has 0 aliphatic carbocycles. The van der Waals surface area contributed by atoms with Gasteiger partial charge in [-0.2, -0.15) is 0 Å². The van der Waals surface area contributed by atoms with Gasteiger partial charge in [0, 0.05) is 20.3 Å². The summed E-state index contributed by atoms with van der Waals surface area (Å²) in [5.74, 6) is 0.774. The molecule has 1 unspecified atom stereocenters. The van der Waals surface area contributed by atoms with E-state index in [1.54, 1.807) is 25.2 Å². The molecule has 1 atom stereocenters. The number of carbonyl (C=O) groups excluding carboxylic acids is 1. The number of aromatic nitrogens is 1. The zero-order chi connectivity index (χ0) is 11.4. The molecule has 15 heavy (non-hydrogen) atoms. The number of likely N-dealkylation sites (N-methyl/N-ethyl adjacent to an activating group) is 1. The number of pyridine rings is 1. The zero-order valence-electron chi connectivity index (χ0n) is 9.61. The summed E-state index contributed by atoms with van der Waals surface area (Å²) >= 11 is 0. The van der Waals surface area contributed by atoms with Crippen LogP contribution in [0.1, 0.15) is 12.5 Å². The van der Waals surface area contributed by atoms with Crippen LogP contribution in [0.4, 0.5) is 5.82 Å². The molecule has 0 saturated carbocycles. The SMILES string of the molecule is Cc1ccnc(NC(C)C(=O)N(C)C)c1. The lowest BCUT2D eigenvalue weighted by atomic mass is 10.2. The minimum absolute atomic E-state index is 0.0401. The summed E-state index contributed by atoms with van der Waals surface area (Å²) in [7, 11) is 3.48. The summed E-state index contributed by atoms with van der Waals surface area (Å²) in [5, 5.41) is 3.06. The van der Waals surface area contributed by atoms with Crippen LogP contribution >= 0.6 is 0 Å². The van der Waals surface area contributed by atoms with Crippen LogP contribution in [0.15, 0.2) is 18.3 Å². The van der Waals surface area contributed by atoms with Gasteiger partial charge in [-0.05, 0) is 31.5 Å². The number of anilines is 1. The van der Waals surface area contributed by atoms with E-state index in [0.717, 1.165) is 11.4 Å². The normalized spacial score (nSPS) is 12.0. The van der Waals surface area contributed by atoms with Crippen molar-refractivity contribution in [1.29, 1.82) is 0 Å². The lowest BCUT2D eigenvalue weighted by Gasteiger charge is -2.18. The number of hydrogen-bond acceptors (Lipinski definition) is 3. The van der Waals surface area contributed by atoms with Gasteiger partial charge in [-0.1, -0.05) is 0 Å². The first-order valence-corrected chi connectivity index (χ1v) is 4.91. The first-order valence-electron chi connectivity index (χ1n) is 4.91. The second kappa shape index (κ2) is 4.77. The molecule has 1 rings (SSSR count). The Bertz CT molecular complexity index is 349. The van der Waals surface area contributed by atoms with Crippen molar-refractivity contribution < 1.29 is 4.79 Å². The van der Waals surface area contributed by atoms with Crippen LogP contribution in [-0.4, -0.2) is 35.9 Å². The monoisotopic (exact) mass is 207 g/mol. The predicted octanol–water partition coefficient (Wildman–Crippen LogP) is 1.28. The van der Waals surface area contributed by atoms with E-state index >= 15 is 0 Å². The maximum absolute atomic E-state index is 11.6. The maximum atomic E-state index is 11.6. The minimum Gasteiger partial charge on any atom is -0.359 e. The Labute approximate surface area is 90.3 Å². The summed E-state index contributed by atoms with van der Waals surface area (Å²) in [6, 6.07) is 3.58. The summed E-state index contributed by atoms with van der Waals surface area (Å²) in [4.78, 5) is 17.3. The molecule has 1 amide bonds. The van der Waals surface area contributed by atoms with Crippen molar-refractivity contribution in [2.45, 2.75) is 19.9 Å². The standard InChI is InChI=1S/C11H17N3O/c1-8-5-6-12-10(7-8)13-9(2)11(15)14(3)4/h5-7,9H,1-4H3,(H,12,13). The molecule has 4 nitrogen and oxygen atoms in total. The van der Waals surface area contributed by atoms with Crippen molar-refractivity contribution in [2.24, 2.45) is 0 Å². The second-order valence-electron chi connectivity index (χ2n) is 3.82. The van der Waals surface area contributed by atoms with Gasteiger partial charge in [0.15, 0.2) is 0 Å². The molecule has 0 bridgehead atoms. The highest BCUT2D eigenvalue weighted by molar-refractivity contribution is 5.83. The van der Waals surface area contributed by atoms with Crippen molar-refractivity contribution in [3.63, 3.8) is 0 Å². The molecule has 0 radical (unpaired) electrons. The largest absolute Gasteiger partial charge is 0.359 e. The molecule has 0 saturated heterocycles. The number of nitrogens with one attached hydrogen (secondary N) is 1. The van der Waals surface area contributed by atoms with E-state index in [-0.39, 0.29) is 11.9 Å². The Balaban J connectivity index is 2.66. The van der Waals surface area contributed by atoms with Crippen molar-refractivity contribution in [1.82, 2.24) is 9.88 Å². The summed E-state index contributed by atoms with van der Waals surface area (Å²) in [6.07, 6.45) is 1.73. The highest BCUT2D eigenvalue weighted by atomic mass is 16.2. The van der Waals surface area contributed by atoms with Crippen LogP contribution in [0.2, 0.25) is 0 Å². The van der Waals surface area contributed by atoms with Gasteiger partial charge in [-0.25, -0.2) is 4.98 Å². The van der Waals surface area contributed by atoms with E-state index in [2.05, 4.69) is 10.3 Å². The van der Waals surface area contributed by atoms with Gasteiger partial charge in [0.1, 0.15) is 11.9 Å². The van der Waals surface area contributed by atoms with Crippen molar-refractivity contribution in [3.05, 3.63) is 23.9 Å². The van der Waals surface area contributed by atoms with E-state index in [1.807, 2.05) is 26.0 Å². The number of aryl methyl sites for hydroxylation is 1. The number of hydrogen-bond donors (Lipinski definition) is 1. The van der Waals surface area contributed by atoms with E-state index in [4.69, 9.17) is 0 Å². The zero-order valence-corrected chi connectivity index (χ0v) is 9.61. The van der Waals surface area contributed by atoms with Crippen LogP contribution in [0.3, 0.4) is 0 Å². The lowest BCUT2D eigenvalue weighted by molar-refractivity contribution is -0.129. The number of nitrogens with zero attached hydrogens (tertiary/aromatic N) is 2. The topological polar surface area (TPSA) is 45.2 Å². The van der Waals surface area contributed by atoms with Crippen LogP contribution in [0.5, 0.6) is 0 Å². The maximum Gasteiger partial charge on any atom is 0.244 e. The fraction of sp³-hybridized carbons (Fsp3) is 0.455. The van der Waals surface area contributed by atoms with Gasteiger partial charge in [-0.15, -0.1) is 0 Å². The first-order chi connectivity index (χ1) is 7.00. The molecule has 0 aliphatic heterocycles. The van der Waals surface area contributed by atoms with E-state index in [1.165, 1.54) is 0 Å². The smallest absolute Gasteiger partial charge is 0.244 e. The lowest BCUT2D eigenvalue weighted by Crippen LogP contribution is -2.36. The average molecular weight is 207 g/mol. The molecular weight excluding hydrogens is 190 g/mol. The Kier molecular flexibility index (Phi) is 3.66. The van der Waals surface area contributed by atoms with Gasteiger partial charge >= 0.3 is 0 Å². The third kappa shape index (κ3) is 3.23. The van der Waals surface area contributed by atoms with Crippen LogP contribution in [0.25, 0.3) is 0 Å². The Morgan fingerprint density at radius 1 is 1.53 bits per heavy atom. The third-order valence-corrected chi connectivity index (χ3v) is 2.09. The molecule has 0 spiro atoms. The molecule has 82 valence electrons. The quantitative estimate of drug-likeness (QED) is 0.812. The number of amides is 1. The fourth-order valence-electron chi connectivity index (χ4n) is 1.29. The highest BCUT2D eigenvalue weighted by Gasteiger charge is 2.14. The summed E-state index contributed by atoms with van der Waals surface area (Å²) in [5.41, 5.74) is 1.12. The number of rotatable bonds is 3. The second-order valence-corrected chi connectivity index (χ2v) is 3.82. The van der Waals surface area contributed by atoms with Crippen molar-refractivity contribution in [2.75, 3.05) is 19.4 Å². The molecule has 1 N–H and O–H groups in total. The van der Waals surface area contributed by atoms with Gasteiger partial charge in [0.25, 0.3) is 0 Å². The van der Waals surface area contributed by atoms with E-state index < -0.39 is 0 Å². The fourth-order valence-corrected chi connectivity index (χ4v) is 1.29. The molecule has 1 aromatic rings. The highest BCUT2D eigenvalue weighted by Crippen LogP contribution is 2.07. The molecule has 4 heteroatoms. The van der Waals surface area contributed by atoms with Gasteiger partial charge in [0.2, 0.25) is 5.91 Å². The molecular formula is C11H17N3O. The Hall–Kier alpha value is -1.58. The summed E-state index contributed by atoms with van der Waals surface area (Å²) < 4.78 is 0.